The van der Waals surface area contributed by atoms with Crippen LogP contribution in [-0.2, 0) is 6.54 Å². The SMILES string of the molecule is C[C@H]1CCC[C@H](C)N1C[C@H](O)Cn1cc(/C=N\NC(=O)c2ccccn2)c2ccccc21. The van der Waals surface area contributed by atoms with E-state index in [0.29, 0.717) is 30.9 Å². The molecule has 1 aromatic carbocycles. The first-order chi connectivity index (χ1) is 15.5. The number of carbonyl (C=O) groups excluding carboxylic acids is 1. The van der Waals surface area contributed by atoms with E-state index in [9.17, 15) is 9.90 Å². The summed E-state index contributed by atoms with van der Waals surface area (Å²) < 4.78 is 2.07. The Morgan fingerprint density at radius 2 is 1.94 bits per heavy atom. The first kappa shape index (κ1) is 22.2. The van der Waals surface area contributed by atoms with E-state index in [2.05, 4.69) is 38.8 Å². The maximum Gasteiger partial charge on any atom is 0.289 e. The molecule has 4 rings (SSSR count). The summed E-state index contributed by atoms with van der Waals surface area (Å²) in [4.78, 5) is 18.6. The molecule has 0 aliphatic carbocycles. The largest absolute Gasteiger partial charge is 0.390 e. The second-order valence-electron chi connectivity index (χ2n) is 8.65. The van der Waals surface area contributed by atoms with Crippen molar-refractivity contribution in [3.8, 4) is 0 Å². The number of amides is 1. The van der Waals surface area contributed by atoms with Crippen molar-refractivity contribution < 1.29 is 9.90 Å². The number of para-hydroxylation sites is 1. The minimum atomic E-state index is -0.470. The summed E-state index contributed by atoms with van der Waals surface area (Å²) in [6.07, 6.45) is 8.36. The Balaban J connectivity index is 1.47. The van der Waals surface area contributed by atoms with Crippen molar-refractivity contribution >= 4 is 23.0 Å². The monoisotopic (exact) mass is 433 g/mol. The molecule has 1 fully saturated rings. The molecule has 168 valence electrons. The number of fused-ring (bicyclic) bond motifs is 1. The van der Waals surface area contributed by atoms with Gasteiger partial charge in [-0.15, -0.1) is 0 Å². The first-order valence-corrected chi connectivity index (χ1v) is 11.3. The number of carbonyl (C=O) groups is 1. The molecule has 0 bridgehead atoms. The van der Waals surface area contributed by atoms with Gasteiger partial charge in [0.2, 0.25) is 0 Å². The number of hydrazone groups is 1. The standard InChI is InChI=1S/C25H31N5O2/c1-18-8-7-9-19(2)30(18)17-21(31)16-29-15-20(22-10-3-4-12-24(22)29)14-27-28-25(32)23-11-5-6-13-26-23/h3-6,10-15,18-19,21,31H,7-9,16-17H2,1-2H3,(H,28,32)/b27-14-/t18-,19-,21+/m0/s1. The first-order valence-electron chi connectivity index (χ1n) is 11.3. The minimum Gasteiger partial charge on any atom is -0.390 e. The lowest BCUT2D eigenvalue weighted by Crippen LogP contribution is -2.47. The lowest BCUT2D eigenvalue weighted by atomic mass is 9.97. The van der Waals surface area contributed by atoms with Crippen molar-refractivity contribution in [3.05, 3.63) is 66.1 Å². The number of likely N-dealkylation sites (tertiary alicyclic amines) is 1. The van der Waals surface area contributed by atoms with Crippen molar-refractivity contribution in [1.29, 1.82) is 0 Å². The second-order valence-corrected chi connectivity index (χ2v) is 8.65. The Labute approximate surface area is 188 Å². The van der Waals surface area contributed by atoms with Crippen molar-refractivity contribution in [2.45, 2.75) is 57.8 Å². The van der Waals surface area contributed by atoms with Crippen LogP contribution in [-0.4, -0.2) is 56.4 Å². The van der Waals surface area contributed by atoms with Gasteiger partial charge in [-0.05, 0) is 44.9 Å². The van der Waals surface area contributed by atoms with Crippen LogP contribution in [0, 0.1) is 0 Å². The predicted molar refractivity (Wildman–Crippen MR) is 127 cm³/mol. The Morgan fingerprint density at radius 3 is 2.69 bits per heavy atom. The van der Waals surface area contributed by atoms with Crippen molar-refractivity contribution in [3.63, 3.8) is 0 Å². The highest BCUT2D eigenvalue weighted by Crippen LogP contribution is 2.24. The third-order valence-electron chi connectivity index (χ3n) is 6.29. The van der Waals surface area contributed by atoms with E-state index in [1.807, 2.05) is 30.5 Å². The highest BCUT2D eigenvalue weighted by molar-refractivity contribution is 6.00. The number of hydrogen-bond acceptors (Lipinski definition) is 5. The summed E-state index contributed by atoms with van der Waals surface area (Å²) >= 11 is 0. The molecule has 7 nitrogen and oxygen atoms in total. The number of piperidine rings is 1. The van der Waals surface area contributed by atoms with Crippen LogP contribution in [0.15, 0.2) is 60.0 Å². The number of pyridine rings is 1. The normalized spacial score (nSPS) is 20.6. The Bertz CT molecular complexity index is 1070. The quantitative estimate of drug-likeness (QED) is 0.442. The number of aromatic nitrogens is 2. The Kier molecular flexibility index (Phi) is 6.97. The molecule has 0 spiro atoms. The maximum absolute atomic E-state index is 12.2. The van der Waals surface area contributed by atoms with Crippen LogP contribution in [0.3, 0.4) is 0 Å². The summed E-state index contributed by atoms with van der Waals surface area (Å²) in [6, 6.07) is 14.2. The van der Waals surface area contributed by atoms with E-state index in [0.717, 1.165) is 16.5 Å². The van der Waals surface area contributed by atoms with Gasteiger partial charge < -0.3 is 9.67 Å². The lowest BCUT2D eigenvalue weighted by molar-refractivity contribution is 0.0352. The average Bonchev–Trinajstić information content (AvgIpc) is 3.14. The number of rotatable bonds is 7. The summed E-state index contributed by atoms with van der Waals surface area (Å²) in [5.41, 5.74) is 4.76. The molecule has 3 heterocycles. The topological polar surface area (TPSA) is 82.8 Å². The molecule has 7 heteroatoms. The molecule has 2 N–H and O–H groups in total. The van der Waals surface area contributed by atoms with Crippen molar-refractivity contribution in [1.82, 2.24) is 19.9 Å². The fourth-order valence-corrected chi connectivity index (χ4v) is 4.61. The van der Waals surface area contributed by atoms with Crippen molar-refractivity contribution in [2.24, 2.45) is 5.10 Å². The zero-order chi connectivity index (χ0) is 22.5. The summed E-state index contributed by atoms with van der Waals surface area (Å²) in [6.45, 7) is 5.67. The van der Waals surface area contributed by atoms with Gasteiger partial charge in [0, 0.05) is 54.0 Å². The minimum absolute atomic E-state index is 0.316. The third kappa shape index (κ3) is 5.06. The molecule has 32 heavy (non-hydrogen) atoms. The van der Waals surface area contributed by atoms with Crippen LogP contribution in [0.4, 0.5) is 0 Å². The van der Waals surface area contributed by atoms with Gasteiger partial charge >= 0.3 is 0 Å². The summed E-state index contributed by atoms with van der Waals surface area (Å²) in [5, 5.41) is 16.0. The molecule has 1 aliphatic rings. The molecule has 3 aromatic rings. The zero-order valence-electron chi connectivity index (χ0n) is 18.7. The van der Waals surface area contributed by atoms with E-state index >= 15 is 0 Å². The van der Waals surface area contributed by atoms with Crippen LogP contribution in [0.5, 0.6) is 0 Å². The number of aliphatic hydroxyl groups excluding tert-OH is 1. The molecule has 3 atom stereocenters. The Hall–Kier alpha value is -3.03. The highest BCUT2D eigenvalue weighted by atomic mass is 16.3. The van der Waals surface area contributed by atoms with Crippen LogP contribution in [0.2, 0.25) is 0 Å². The van der Waals surface area contributed by atoms with E-state index in [1.165, 1.54) is 19.3 Å². The van der Waals surface area contributed by atoms with Crippen molar-refractivity contribution in [2.75, 3.05) is 6.54 Å². The zero-order valence-corrected chi connectivity index (χ0v) is 18.7. The fraction of sp³-hybridized carbons (Fsp3) is 0.400. The van der Waals surface area contributed by atoms with Gasteiger partial charge in [0.25, 0.3) is 5.91 Å². The van der Waals surface area contributed by atoms with E-state index in [-0.39, 0.29) is 5.91 Å². The molecule has 1 saturated heterocycles. The molecule has 0 radical (unpaired) electrons. The average molecular weight is 434 g/mol. The van der Waals surface area contributed by atoms with E-state index in [4.69, 9.17) is 0 Å². The predicted octanol–water partition coefficient (Wildman–Crippen LogP) is 3.42. The van der Waals surface area contributed by atoms with Gasteiger partial charge in [-0.1, -0.05) is 30.7 Å². The number of benzene rings is 1. The fourth-order valence-electron chi connectivity index (χ4n) is 4.61. The molecular formula is C25H31N5O2. The number of aliphatic hydroxyl groups is 1. The number of β-amino-alcohol motifs (C(OH)–C–C–N with tert-alkyl or cyclic N) is 1. The second kappa shape index (κ2) is 10.1. The van der Waals surface area contributed by atoms with E-state index in [1.54, 1.807) is 30.6 Å². The van der Waals surface area contributed by atoms with Gasteiger partial charge in [0.05, 0.1) is 12.3 Å². The molecule has 1 aliphatic heterocycles. The van der Waals surface area contributed by atoms with Gasteiger partial charge in [-0.25, -0.2) is 5.43 Å². The van der Waals surface area contributed by atoms with Gasteiger partial charge in [-0.2, -0.15) is 5.10 Å². The van der Waals surface area contributed by atoms with Gasteiger partial charge in [0.15, 0.2) is 0 Å². The summed E-state index contributed by atoms with van der Waals surface area (Å²) in [5.74, 6) is -0.356. The third-order valence-corrected chi connectivity index (χ3v) is 6.29. The smallest absolute Gasteiger partial charge is 0.289 e. The Morgan fingerprint density at radius 1 is 1.19 bits per heavy atom. The maximum atomic E-state index is 12.2. The lowest BCUT2D eigenvalue weighted by Gasteiger charge is -2.40. The number of nitrogens with zero attached hydrogens (tertiary/aromatic N) is 4. The molecule has 0 saturated carbocycles. The van der Waals surface area contributed by atoms with Gasteiger partial charge in [-0.3, -0.25) is 14.7 Å². The highest BCUT2D eigenvalue weighted by Gasteiger charge is 2.26. The molecule has 0 unspecified atom stereocenters. The molecular weight excluding hydrogens is 402 g/mol. The van der Waals surface area contributed by atoms with Crippen LogP contribution in [0.25, 0.3) is 10.9 Å². The van der Waals surface area contributed by atoms with E-state index < -0.39 is 6.10 Å². The molecule has 2 aromatic heterocycles. The van der Waals surface area contributed by atoms with Gasteiger partial charge in [0.1, 0.15) is 5.69 Å². The number of hydrogen-bond donors (Lipinski definition) is 2. The van der Waals surface area contributed by atoms with Crippen LogP contribution in [0.1, 0.15) is 49.2 Å². The number of nitrogens with one attached hydrogen (secondary N) is 1. The van der Waals surface area contributed by atoms with Crippen LogP contribution >= 0.6 is 0 Å². The summed E-state index contributed by atoms with van der Waals surface area (Å²) in [7, 11) is 0. The van der Waals surface area contributed by atoms with Crippen LogP contribution < -0.4 is 5.43 Å². The molecule has 1 amide bonds.